The minimum atomic E-state index is -4.73. The third kappa shape index (κ3) is 6.57. The first-order valence-corrected chi connectivity index (χ1v) is 12.7. The van der Waals surface area contributed by atoms with Crippen molar-refractivity contribution in [2.45, 2.75) is 24.7 Å². The molecule has 0 unspecified atom stereocenters. The third-order valence-electron chi connectivity index (χ3n) is 6.86. The van der Waals surface area contributed by atoms with Crippen LogP contribution >= 0.6 is 0 Å². The van der Waals surface area contributed by atoms with Gasteiger partial charge in [-0.25, -0.2) is 0 Å². The van der Waals surface area contributed by atoms with Crippen molar-refractivity contribution in [3.63, 3.8) is 0 Å². The van der Waals surface area contributed by atoms with E-state index in [1.807, 2.05) is 0 Å². The third-order valence-corrected chi connectivity index (χ3v) is 6.86. The molecule has 0 aliphatic rings. The Morgan fingerprint density at radius 1 is 0.289 bits per heavy atom. The van der Waals surface area contributed by atoms with E-state index in [1.54, 1.807) is 0 Å². The van der Waals surface area contributed by atoms with Gasteiger partial charge >= 0.3 is 24.7 Å². The SMILES string of the molecule is FC(F)(F)c1ccc(-c2oc(-c3ccc(C(F)(F)F)cc3)c(-c3ccc(C(F)(F)F)cc3)c2-c2ccc(C(F)(F)F)cc2)cc1. The van der Waals surface area contributed by atoms with Crippen LogP contribution in [-0.2, 0) is 24.7 Å². The number of benzene rings is 4. The molecule has 0 saturated heterocycles. The molecule has 0 N–H and O–H groups in total. The fourth-order valence-electron chi connectivity index (χ4n) is 4.66. The van der Waals surface area contributed by atoms with Gasteiger partial charge in [0.2, 0.25) is 0 Å². The molecule has 4 aromatic carbocycles. The molecule has 1 heterocycles. The fourth-order valence-corrected chi connectivity index (χ4v) is 4.66. The monoisotopic (exact) mass is 644 g/mol. The second kappa shape index (κ2) is 11.0. The molecule has 45 heavy (non-hydrogen) atoms. The van der Waals surface area contributed by atoms with Crippen molar-refractivity contribution in [3.05, 3.63) is 119 Å². The van der Waals surface area contributed by atoms with E-state index in [9.17, 15) is 52.7 Å². The number of alkyl halides is 12. The van der Waals surface area contributed by atoms with Crippen LogP contribution in [0.3, 0.4) is 0 Å². The van der Waals surface area contributed by atoms with Crippen LogP contribution < -0.4 is 0 Å². The number of rotatable bonds is 4. The average molecular weight is 644 g/mol. The molecule has 0 radical (unpaired) electrons. The summed E-state index contributed by atoms with van der Waals surface area (Å²) in [6, 6.07) is 14.1. The van der Waals surface area contributed by atoms with Crippen molar-refractivity contribution in [1.82, 2.24) is 0 Å². The topological polar surface area (TPSA) is 13.1 Å². The van der Waals surface area contributed by atoms with E-state index in [0.29, 0.717) is 0 Å². The Kier molecular flexibility index (Phi) is 7.79. The minimum absolute atomic E-state index is 0.00391. The summed E-state index contributed by atoms with van der Waals surface area (Å²) in [5.41, 5.74) is -4.08. The Labute approximate surface area is 246 Å². The Bertz CT molecular complexity index is 1650. The average Bonchev–Trinajstić information content (AvgIpc) is 3.36. The predicted octanol–water partition coefficient (Wildman–Crippen LogP) is 12.0. The summed E-state index contributed by atoms with van der Waals surface area (Å²) in [4.78, 5) is 0. The molecule has 0 aliphatic heterocycles. The lowest BCUT2D eigenvalue weighted by atomic mass is 9.90. The van der Waals surface area contributed by atoms with Crippen LogP contribution in [0.25, 0.3) is 44.9 Å². The molecule has 0 amide bonds. The van der Waals surface area contributed by atoms with Crippen molar-refractivity contribution in [2.75, 3.05) is 0 Å². The molecule has 0 aliphatic carbocycles. The number of hydrogen-bond donors (Lipinski definition) is 0. The van der Waals surface area contributed by atoms with Crippen LogP contribution in [0.4, 0.5) is 52.7 Å². The Morgan fingerprint density at radius 2 is 0.489 bits per heavy atom. The molecule has 234 valence electrons. The quantitative estimate of drug-likeness (QED) is 0.178. The van der Waals surface area contributed by atoms with Crippen molar-refractivity contribution < 1.29 is 57.1 Å². The molecule has 13 heteroatoms. The van der Waals surface area contributed by atoms with Crippen molar-refractivity contribution >= 4 is 0 Å². The number of furan rings is 1. The summed E-state index contributed by atoms with van der Waals surface area (Å²) in [5.74, 6) is -0.374. The van der Waals surface area contributed by atoms with Gasteiger partial charge in [0.1, 0.15) is 11.5 Å². The van der Waals surface area contributed by atoms with E-state index in [-0.39, 0.29) is 44.9 Å². The lowest BCUT2D eigenvalue weighted by Gasteiger charge is -2.12. The van der Waals surface area contributed by atoms with Crippen LogP contribution in [0.15, 0.2) is 101 Å². The molecular formula is C32H16F12O. The Balaban J connectivity index is 1.82. The summed E-state index contributed by atoms with van der Waals surface area (Å²) in [6.45, 7) is 0. The fraction of sp³-hybridized carbons (Fsp3) is 0.125. The summed E-state index contributed by atoms with van der Waals surface area (Å²) in [5, 5.41) is 0. The lowest BCUT2D eigenvalue weighted by molar-refractivity contribution is -0.138. The summed E-state index contributed by atoms with van der Waals surface area (Å²) in [7, 11) is 0. The van der Waals surface area contributed by atoms with Crippen molar-refractivity contribution in [3.8, 4) is 44.9 Å². The number of hydrogen-bond acceptors (Lipinski definition) is 1. The zero-order valence-corrected chi connectivity index (χ0v) is 22.2. The van der Waals surface area contributed by atoms with E-state index in [1.165, 1.54) is 0 Å². The largest absolute Gasteiger partial charge is 0.455 e. The van der Waals surface area contributed by atoms with Gasteiger partial charge in [-0.3, -0.25) is 0 Å². The van der Waals surface area contributed by atoms with E-state index < -0.39 is 47.0 Å². The van der Waals surface area contributed by atoms with Gasteiger partial charge in [-0.05, 0) is 59.7 Å². The van der Waals surface area contributed by atoms with Gasteiger partial charge in [0.25, 0.3) is 0 Å². The van der Waals surface area contributed by atoms with Crippen LogP contribution in [0.1, 0.15) is 22.3 Å². The molecular weight excluding hydrogens is 628 g/mol. The summed E-state index contributed by atoms with van der Waals surface area (Å²) in [6.07, 6.45) is -18.9. The van der Waals surface area contributed by atoms with Crippen LogP contribution in [-0.4, -0.2) is 0 Å². The van der Waals surface area contributed by atoms with Gasteiger partial charge in [-0.15, -0.1) is 0 Å². The van der Waals surface area contributed by atoms with Gasteiger partial charge in [-0.2, -0.15) is 52.7 Å². The maximum atomic E-state index is 13.3. The molecule has 0 fully saturated rings. The second-order valence-corrected chi connectivity index (χ2v) is 9.81. The summed E-state index contributed by atoms with van der Waals surface area (Å²) < 4.78 is 166. The first-order chi connectivity index (χ1) is 20.8. The van der Waals surface area contributed by atoms with Gasteiger partial charge < -0.3 is 4.42 Å². The first kappa shape index (κ1) is 31.7. The Hall–Kier alpha value is -4.68. The van der Waals surface area contributed by atoms with E-state index >= 15 is 0 Å². The molecule has 0 bridgehead atoms. The van der Waals surface area contributed by atoms with E-state index in [0.717, 1.165) is 97.1 Å². The predicted molar refractivity (Wildman–Crippen MR) is 140 cm³/mol. The Morgan fingerprint density at radius 3 is 0.689 bits per heavy atom. The molecule has 0 spiro atoms. The molecule has 5 rings (SSSR count). The zero-order chi connectivity index (χ0) is 32.9. The number of halogens is 12. The van der Waals surface area contributed by atoms with Gasteiger partial charge in [0, 0.05) is 22.3 Å². The van der Waals surface area contributed by atoms with Gasteiger partial charge in [0.05, 0.1) is 22.3 Å². The van der Waals surface area contributed by atoms with Crippen LogP contribution in [0.5, 0.6) is 0 Å². The first-order valence-electron chi connectivity index (χ1n) is 12.7. The van der Waals surface area contributed by atoms with E-state index in [4.69, 9.17) is 4.42 Å². The highest BCUT2D eigenvalue weighted by Gasteiger charge is 2.34. The maximum absolute atomic E-state index is 13.3. The normalized spacial score (nSPS) is 12.9. The second-order valence-electron chi connectivity index (χ2n) is 9.81. The lowest BCUT2D eigenvalue weighted by Crippen LogP contribution is -2.04. The van der Waals surface area contributed by atoms with Crippen molar-refractivity contribution in [1.29, 1.82) is 0 Å². The molecule has 5 aromatic rings. The highest BCUT2D eigenvalue weighted by molar-refractivity contribution is 5.99. The van der Waals surface area contributed by atoms with Gasteiger partial charge in [-0.1, -0.05) is 48.5 Å². The van der Waals surface area contributed by atoms with Gasteiger partial charge in [0.15, 0.2) is 0 Å². The van der Waals surface area contributed by atoms with Crippen molar-refractivity contribution in [2.24, 2.45) is 0 Å². The highest BCUT2D eigenvalue weighted by Crippen LogP contribution is 2.49. The molecule has 1 aromatic heterocycles. The molecule has 0 saturated carbocycles. The van der Waals surface area contributed by atoms with Crippen LogP contribution in [0, 0.1) is 0 Å². The van der Waals surface area contributed by atoms with Crippen LogP contribution in [0.2, 0.25) is 0 Å². The standard InChI is InChI=1S/C32H16F12O/c33-29(34,35)21-9-1-17(2-10-21)25-26(18-3-11-22(12-4-18)30(36,37)38)28(20-7-15-24(16-8-20)32(42,43)44)45-27(25)19-5-13-23(14-6-19)31(39,40)41/h1-16H. The minimum Gasteiger partial charge on any atom is -0.455 e. The smallest absolute Gasteiger partial charge is 0.416 e. The molecule has 0 atom stereocenters. The summed E-state index contributed by atoms with van der Waals surface area (Å²) >= 11 is 0. The van der Waals surface area contributed by atoms with E-state index in [2.05, 4.69) is 0 Å². The highest BCUT2D eigenvalue weighted by atomic mass is 19.4. The zero-order valence-electron chi connectivity index (χ0n) is 22.2. The maximum Gasteiger partial charge on any atom is 0.416 e. The molecule has 1 nitrogen and oxygen atoms in total.